The van der Waals surface area contributed by atoms with Gasteiger partial charge in [0.05, 0.1) is 17.7 Å². The highest BCUT2D eigenvalue weighted by atomic mass is 35.5. The zero-order chi connectivity index (χ0) is 12.3. The molecule has 0 radical (unpaired) electrons. The van der Waals surface area contributed by atoms with Gasteiger partial charge in [-0.15, -0.1) is 0 Å². The zero-order valence-electron chi connectivity index (χ0n) is 9.14. The van der Waals surface area contributed by atoms with Crippen molar-refractivity contribution in [3.63, 3.8) is 0 Å². The molecule has 1 aromatic carbocycles. The molecular formula is C11H14ClF2NO. The topological polar surface area (TPSA) is 35.2 Å². The minimum absolute atomic E-state index is 0.166. The normalized spacial score (nSPS) is 13.6. The summed E-state index contributed by atoms with van der Waals surface area (Å²) in [5, 5.41) is 0.166. The molecule has 2 nitrogen and oxygen atoms in total. The number of nitrogens with two attached hydrogens (primary N) is 1. The van der Waals surface area contributed by atoms with Crippen molar-refractivity contribution >= 4 is 11.6 Å². The first kappa shape index (κ1) is 13.2. The van der Waals surface area contributed by atoms with E-state index in [4.69, 9.17) is 22.1 Å². The molecule has 0 aliphatic carbocycles. The Morgan fingerprint density at radius 2 is 2.12 bits per heavy atom. The van der Waals surface area contributed by atoms with E-state index in [0.717, 1.165) is 0 Å². The Bertz CT molecular complexity index is 369. The number of benzene rings is 1. The maximum atomic E-state index is 13.6. The minimum Gasteiger partial charge on any atom is -0.492 e. The molecule has 2 N–H and O–H groups in total. The maximum absolute atomic E-state index is 13.6. The SMILES string of the molecule is CCOc1ccc(C(F)(F)C(C)N)cc1Cl. The minimum atomic E-state index is -3.09. The Labute approximate surface area is 98.3 Å². The van der Waals surface area contributed by atoms with Gasteiger partial charge in [0.25, 0.3) is 5.92 Å². The van der Waals surface area contributed by atoms with E-state index in [1.807, 2.05) is 0 Å². The number of hydrogen-bond acceptors (Lipinski definition) is 2. The lowest BCUT2D eigenvalue weighted by molar-refractivity contribution is -0.0256. The van der Waals surface area contributed by atoms with E-state index in [0.29, 0.717) is 12.4 Å². The van der Waals surface area contributed by atoms with Crippen LogP contribution in [-0.4, -0.2) is 12.6 Å². The first-order valence-electron chi connectivity index (χ1n) is 4.95. The largest absolute Gasteiger partial charge is 0.492 e. The average Bonchev–Trinajstić information content (AvgIpc) is 2.21. The van der Waals surface area contributed by atoms with E-state index < -0.39 is 12.0 Å². The Hall–Kier alpha value is -0.870. The molecule has 0 fully saturated rings. The van der Waals surface area contributed by atoms with E-state index in [9.17, 15) is 8.78 Å². The molecule has 0 bridgehead atoms. The van der Waals surface area contributed by atoms with Crippen molar-refractivity contribution < 1.29 is 13.5 Å². The summed E-state index contributed by atoms with van der Waals surface area (Å²) < 4.78 is 32.3. The smallest absolute Gasteiger partial charge is 0.287 e. The summed E-state index contributed by atoms with van der Waals surface area (Å²) in [6, 6.07) is 2.63. The summed E-state index contributed by atoms with van der Waals surface area (Å²) in [5.41, 5.74) is 5.03. The second-order valence-corrected chi connectivity index (χ2v) is 3.90. The van der Waals surface area contributed by atoms with Crippen molar-refractivity contribution in [2.45, 2.75) is 25.8 Å². The number of hydrogen-bond donors (Lipinski definition) is 1. The molecule has 0 saturated heterocycles. The number of ether oxygens (including phenoxy) is 1. The zero-order valence-corrected chi connectivity index (χ0v) is 9.89. The molecule has 1 aromatic rings. The van der Waals surface area contributed by atoms with Crippen LogP contribution in [0.4, 0.5) is 8.78 Å². The van der Waals surface area contributed by atoms with Crippen LogP contribution in [0.3, 0.4) is 0 Å². The van der Waals surface area contributed by atoms with Gasteiger partial charge >= 0.3 is 0 Å². The Morgan fingerprint density at radius 1 is 1.50 bits per heavy atom. The number of alkyl halides is 2. The van der Waals surface area contributed by atoms with E-state index >= 15 is 0 Å². The first-order valence-corrected chi connectivity index (χ1v) is 5.33. The highest BCUT2D eigenvalue weighted by Gasteiger charge is 2.36. The molecule has 0 aromatic heterocycles. The molecule has 1 unspecified atom stereocenters. The van der Waals surface area contributed by atoms with Gasteiger partial charge in [0, 0.05) is 5.56 Å². The van der Waals surface area contributed by atoms with Crippen molar-refractivity contribution in [3.05, 3.63) is 28.8 Å². The van der Waals surface area contributed by atoms with Crippen LogP contribution in [0.25, 0.3) is 0 Å². The molecule has 90 valence electrons. The van der Waals surface area contributed by atoms with Crippen molar-refractivity contribution in [2.75, 3.05) is 6.61 Å². The predicted octanol–water partition coefficient (Wildman–Crippen LogP) is 3.18. The summed E-state index contributed by atoms with van der Waals surface area (Å²) in [4.78, 5) is 0. The summed E-state index contributed by atoms with van der Waals surface area (Å²) in [7, 11) is 0. The van der Waals surface area contributed by atoms with Crippen LogP contribution in [0.1, 0.15) is 19.4 Å². The Balaban J connectivity index is 3.05. The first-order chi connectivity index (χ1) is 7.39. The molecular weight excluding hydrogens is 236 g/mol. The van der Waals surface area contributed by atoms with Gasteiger partial charge < -0.3 is 10.5 Å². The molecule has 0 aliphatic rings. The summed E-state index contributed by atoms with van der Waals surface area (Å²) in [6.45, 7) is 3.48. The third-order valence-corrected chi connectivity index (χ3v) is 2.48. The number of halogens is 3. The molecule has 5 heteroatoms. The highest BCUT2D eigenvalue weighted by molar-refractivity contribution is 6.32. The van der Waals surface area contributed by atoms with Gasteiger partial charge in [0.2, 0.25) is 0 Å². The second kappa shape index (κ2) is 4.97. The molecule has 0 amide bonds. The van der Waals surface area contributed by atoms with Gasteiger partial charge in [0.1, 0.15) is 5.75 Å². The standard InChI is InChI=1S/C11H14ClF2NO/c1-3-16-10-5-4-8(6-9(10)12)11(13,14)7(2)15/h4-7H,3,15H2,1-2H3. The van der Waals surface area contributed by atoms with Crippen molar-refractivity contribution in [1.82, 2.24) is 0 Å². The van der Waals surface area contributed by atoms with Crippen LogP contribution < -0.4 is 10.5 Å². The molecule has 0 heterocycles. The monoisotopic (exact) mass is 249 g/mol. The third-order valence-electron chi connectivity index (χ3n) is 2.19. The number of rotatable bonds is 4. The van der Waals surface area contributed by atoms with Crippen LogP contribution >= 0.6 is 11.6 Å². The fourth-order valence-corrected chi connectivity index (χ4v) is 1.48. The molecule has 1 atom stereocenters. The van der Waals surface area contributed by atoms with Gasteiger partial charge in [0.15, 0.2) is 0 Å². The van der Waals surface area contributed by atoms with E-state index in [1.165, 1.54) is 25.1 Å². The van der Waals surface area contributed by atoms with E-state index in [1.54, 1.807) is 6.92 Å². The van der Waals surface area contributed by atoms with Gasteiger partial charge in [-0.3, -0.25) is 0 Å². The van der Waals surface area contributed by atoms with Crippen LogP contribution in [0, 0.1) is 0 Å². The third kappa shape index (κ3) is 2.62. The summed E-state index contributed by atoms with van der Waals surface area (Å²) >= 11 is 5.82. The predicted molar refractivity (Wildman–Crippen MR) is 60.2 cm³/mol. The Morgan fingerprint density at radius 3 is 2.56 bits per heavy atom. The maximum Gasteiger partial charge on any atom is 0.287 e. The average molecular weight is 250 g/mol. The van der Waals surface area contributed by atoms with E-state index in [2.05, 4.69) is 0 Å². The molecule has 0 spiro atoms. The van der Waals surface area contributed by atoms with Crippen LogP contribution in [0.5, 0.6) is 5.75 Å². The fraction of sp³-hybridized carbons (Fsp3) is 0.455. The summed E-state index contributed by atoms with van der Waals surface area (Å²) in [5.74, 6) is -2.69. The fourth-order valence-electron chi connectivity index (χ4n) is 1.24. The van der Waals surface area contributed by atoms with Crippen molar-refractivity contribution in [3.8, 4) is 5.75 Å². The van der Waals surface area contributed by atoms with Gasteiger partial charge in [-0.05, 0) is 32.0 Å². The lowest BCUT2D eigenvalue weighted by Crippen LogP contribution is -2.35. The summed E-state index contributed by atoms with van der Waals surface area (Å²) in [6.07, 6.45) is 0. The van der Waals surface area contributed by atoms with Gasteiger partial charge in [-0.1, -0.05) is 11.6 Å². The lowest BCUT2D eigenvalue weighted by Gasteiger charge is -2.21. The quantitative estimate of drug-likeness (QED) is 0.890. The van der Waals surface area contributed by atoms with Gasteiger partial charge in [-0.2, -0.15) is 8.78 Å². The second-order valence-electron chi connectivity index (χ2n) is 3.49. The van der Waals surface area contributed by atoms with Crippen molar-refractivity contribution in [2.24, 2.45) is 5.73 Å². The Kier molecular flexibility index (Phi) is 4.10. The molecule has 1 rings (SSSR count). The lowest BCUT2D eigenvalue weighted by atomic mass is 10.0. The molecule has 0 aliphatic heterocycles. The van der Waals surface area contributed by atoms with E-state index in [-0.39, 0.29) is 10.6 Å². The van der Waals surface area contributed by atoms with Crippen LogP contribution in [0.15, 0.2) is 18.2 Å². The highest BCUT2D eigenvalue weighted by Crippen LogP contribution is 2.35. The van der Waals surface area contributed by atoms with Crippen LogP contribution in [-0.2, 0) is 5.92 Å². The van der Waals surface area contributed by atoms with Gasteiger partial charge in [-0.25, -0.2) is 0 Å². The van der Waals surface area contributed by atoms with Crippen LogP contribution in [0.2, 0.25) is 5.02 Å². The molecule has 16 heavy (non-hydrogen) atoms. The van der Waals surface area contributed by atoms with Crippen molar-refractivity contribution in [1.29, 1.82) is 0 Å². The molecule has 0 saturated carbocycles.